The highest BCUT2D eigenvalue weighted by atomic mass is 32.2. The van der Waals surface area contributed by atoms with Gasteiger partial charge in [0.05, 0.1) is 26.2 Å². The van der Waals surface area contributed by atoms with Crippen LogP contribution in [0.25, 0.3) is 6.08 Å². The second-order valence-electron chi connectivity index (χ2n) is 6.49. The molecule has 152 valence electrons. The quantitative estimate of drug-likeness (QED) is 0.501. The summed E-state index contributed by atoms with van der Waals surface area (Å²) in [5.41, 5.74) is 0.644. The number of hydrogen-bond donors (Lipinski definition) is 1. The first kappa shape index (κ1) is 22.0. The van der Waals surface area contributed by atoms with Crippen molar-refractivity contribution >= 4 is 46.3 Å². The molecule has 1 amide bonds. The number of carbonyl (C=O) groups is 2. The van der Waals surface area contributed by atoms with Gasteiger partial charge in [-0.05, 0) is 36.1 Å². The predicted octanol–water partition coefficient (Wildman–Crippen LogP) is 3.41. The minimum Gasteiger partial charge on any atom is -0.493 e. The first-order valence-electron chi connectivity index (χ1n) is 8.53. The van der Waals surface area contributed by atoms with Crippen LogP contribution in [0.2, 0.25) is 0 Å². The molecule has 1 aliphatic rings. The maximum atomic E-state index is 12.9. The van der Waals surface area contributed by atoms with Crippen LogP contribution in [0.1, 0.15) is 25.8 Å². The van der Waals surface area contributed by atoms with Gasteiger partial charge in [0.25, 0.3) is 5.91 Å². The van der Waals surface area contributed by atoms with Gasteiger partial charge in [-0.2, -0.15) is 0 Å². The zero-order chi connectivity index (χ0) is 21.0. The Labute approximate surface area is 173 Å². The number of aliphatic carboxylic acids is 1. The van der Waals surface area contributed by atoms with Gasteiger partial charge in [0.1, 0.15) is 10.4 Å². The Morgan fingerprint density at radius 3 is 2.21 bits per heavy atom. The van der Waals surface area contributed by atoms with Crippen LogP contribution in [0.4, 0.5) is 0 Å². The second kappa shape index (κ2) is 9.29. The lowest BCUT2D eigenvalue weighted by Gasteiger charge is -2.24. The Morgan fingerprint density at radius 1 is 1.21 bits per heavy atom. The number of methoxy groups -OCH3 is 3. The third-order valence-corrected chi connectivity index (χ3v) is 5.43. The molecule has 1 heterocycles. The molecule has 0 saturated carbocycles. The summed E-state index contributed by atoms with van der Waals surface area (Å²) in [6.07, 6.45) is 1.96. The summed E-state index contributed by atoms with van der Waals surface area (Å²) in [5.74, 6) is -0.0446. The molecule has 0 radical (unpaired) electrons. The number of amides is 1. The monoisotopic (exact) mass is 425 g/mol. The highest BCUT2D eigenvalue weighted by Crippen LogP contribution is 2.40. The Bertz CT molecular complexity index is 796. The van der Waals surface area contributed by atoms with Gasteiger partial charge in [0.15, 0.2) is 11.5 Å². The number of thiocarbonyl (C=S) groups is 1. The summed E-state index contributed by atoms with van der Waals surface area (Å²) in [6, 6.07) is 2.42. The summed E-state index contributed by atoms with van der Waals surface area (Å²) in [5, 5.41) is 9.56. The Balaban J connectivity index is 2.42. The average molecular weight is 426 g/mol. The molecule has 1 saturated heterocycles. The third-order valence-electron chi connectivity index (χ3n) is 4.10. The largest absolute Gasteiger partial charge is 0.493 e. The lowest BCUT2D eigenvalue weighted by molar-refractivity contribution is -0.145. The van der Waals surface area contributed by atoms with Crippen molar-refractivity contribution in [1.29, 1.82) is 0 Å². The zero-order valence-corrected chi connectivity index (χ0v) is 18.0. The van der Waals surface area contributed by atoms with Gasteiger partial charge in [-0.15, -0.1) is 0 Å². The van der Waals surface area contributed by atoms with Crippen LogP contribution >= 0.6 is 24.0 Å². The van der Waals surface area contributed by atoms with Gasteiger partial charge in [0, 0.05) is 0 Å². The van der Waals surface area contributed by atoms with Crippen LogP contribution in [-0.4, -0.2) is 53.6 Å². The lowest BCUT2D eigenvalue weighted by atomic mass is 10.0. The van der Waals surface area contributed by atoms with E-state index in [9.17, 15) is 14.7 Å². The van der Waals surface area contributed by atoms with Gasteiger partial charge in [-0.1, -0.05) is 37.8 Å². The van der Waals surface area contributed by atoms with Crippen LogP contribution < -0.4 is 14.2 Å². The molecule has 0 bridgehead atoms. The Kier molecular flexibility index (Phi) is 7.31. The number of rotatable bonds is 8. The van der Waals surface area contributed by atoms with Crippen molar-refractivity contribution in [1.82, 2.24) is 4.90 Å². The standard InChI is InChI=1S/C19H23NO6S2/c1-10(2)6-12(18(22)23)20-17(21)15(28-19(20)27)9-11-7-13(24-3)16(26-5)14(8-11)25-4/h7-10,12H,6H2,1-5H3,(H,22,23)/b15-9+. The van der Waals surface area contributed by atoms with Gasteiger partial charge in [-0.3, -0.25) is 9.69 Å². The fourth-order valence-electron chi connectivity index (χ4n) is 2.85. The summed E-state index contributed by atoms with van der Waals surface area (Å²) in [6.45, 7) is 3.80. The van der Waals surface area contributed by atoms with E-state index in [1.807, 2.05) is 13.8 Å². The molecule has 2 rings (SSSR count). The highest BCUT2D eigenvalue weighted by molar-refractivity contribution is 8.26. The molecule has 1 aromatic rings. The van der Waals surface area contributed by atoms with Crippen molar-refractivity contribution in [2.24, 2.45) is 5.92 Å². The molecule has 0 aliphatic carbocycles. The maximum absolute atomic E-state index is 12.9. The molecular weight excluding hydrogens is 402 g/mol. The highest BCUT2D eigenvalue weighted by Gasteiger charge is 2.40. The fourth-order valence-corrected chi connectivity index (χ4v) is 4.20. The van der Waals surface area contributed by atoms with Crippen molar-refractivity contribution in [2.75, 3.05) is 21.3 Å². The topological polar surface area (TPSA) is 85.3 Å². The summed E-state index contributed by atoms with van der Waals surface area (Å²) in [4.78, 5) is 26.1. The molecule has 1 fully saturated rings. The average Bonchev–Trinajstić information content (AvgIpc) is 2.91. The van der Waals surface area contributed by atoms with Crippen LogP contribution in [0.5, 0.6) is 17.2 Å². The van der Waals surface area contributed by atoms with E-state index in [0.29, 0.717) is 34.1 Å². The van der Waals surface area contributed by atoms with Crippen molar-refractivity contribution < 1.29 is 28.9 Å². The summed E-state index contributed by atoms with van der Waals surface area (Å²) < 4.78 is 16.2. The minimum absolute atomic E-state index is 0.102. The van der Waals surface area contributed by atoms with E-state index in [1.54, 1.807) is 18.2 Å². The molecule has 1 atom stereocenters. The molecule has 9 heteroatoms. The maximum Gasteiger partial charge on any atom is 0.326 e. The molecule has 1 aromatic carbocycles. The summed E-state index contributed by atoms with van der Waals surface area (Å²) >= 11 is 6.37. The third kappa shape index (κ3) is 4.59. The van der Waals surface area contributed by atoms with E-state index in [2.05, 4.69) is 0 Å². The number of carboxylic acid groups (broad SMARTS) is 1. The van der Waals surface area contributed by atoms with E-state index in [0.717, 1.165) is 11.8 Å². The van der Waals surface area contributed by atoms with Crippen LogP contribution in [0.3, 0.4) is 0 Å². The predicted molar refractivity (Wildman–Crippen MR) is 112 cm³/mol. The van der Waals surface area contributed by atoms with E-state index >= 15 is 0 Å². The van der Waals surface area contributed by atoms with E-state index < -0.39 is 17.9 Å². The fraction of sp³-hybridized carbons (Fsp3) is 0.421. The lowest BCUT2D eigenvalue weighted by Crippen LogP contribution is -2.44. The molecule has 1 aliphatic heterocycles. The molecule has 28 heavy (non-hydrogen) atoms. The Hall–Kier alpha value is -2.26. The normalized spacial score (nSPS) is 16.6. The minimum atomic E-state index is -1.07. The Morgan fingerprint density at radius 2 is 1.79 bits per heavy atom. The van der Waals surface area contributed by atoms with Crippen LogP contribution in [-0.2, 0) is 9.59 Å². The molecule has 1 N–H and O–H groups in total. The number of benzene rings is 1. The zero-order valence-electron chi connectivity index (χ0n) is 16.3. The first-order chi connectivity index (χ1) is 13.2. The van der Waals surface area contributed by atoms with Crippen LogP contribution in [0, 0.1) is 5.92 Å². The van der Waals surface area contributed by atoms with Gasteiger partial charge < -0.3 is 19.3 Å². The summed E-state index contributed by atoms with van der Waals surface area (Å²) in [7, 11) is 4.51. The molecular formula is C19H23NO6S2. The molecule has 0 aromatic heterocycles. The van der Waals surface area contributed by atoms with Crippen molar-refractivity contribution in [3.63, 3.8) is 0 Å². The van der Waals surface area contributed by atoms with E-state index in [4.69, 9.17) is 26.4 Å². The SMILES string of the molecule is COc1cc(/C=C2/SC(=S)N(C(CC(C)C)C(=O)O)C2=O)cc(OC)c1OC. The molecule has 0 spiro atoms. The molecule has 7 nitrogen and oxygen atoms in total. The number of hydrogen-bond acceptors (Lipinski definition) is 7. The number of nitrogens with zero attached hydrogens (tertiary/aromatic N) is 1. The van der Waals surface area contributed by atoms with E-state index in [1.165, 1.54) is 26.2 Å². The first-order valence-corrected chi connectivity index (χ1v) is 9.75. The van der Waals surface area contributed by atoms with Gasteiger partial charge >= 0.3 is 5.97 Å². The molecule has 1 unspecified atom stereocenters. The van der Waals surface area contributed by atoms with E-state index in [-0.39, 0.29) is 10.2 Å². The number of ether oxygens (including phenoxy) is 3. The van der Waals surface area contributed by atoms with Crippen molar-refractivity contribution in [3.8, 4) is 17.2 Å². The second-order valence-corrected chi connectivity index (χ2v) is 8.17. The number of carboxylic acids is 1. The number of carbonyl (C=O) groups excluding carboxylic acids is 1. The van der Waals surface area contributed by atoms with Crippen molar-refractivity contribution in [2.45, 2.75) is 26.3 Å². The van der Waals surface area contributed by atoms with Crippen LogP contribution in [0.15, 0.2) is 17.0 Å². The van der Waals surface area contributed by atoms with Crippen molar-refractivity contribution in [3.05, 3.63) is 22.6 Å². The smallest absolute Gasteiger partial charge is 0.326 e. The van der Waals surface area contributed by atoms with Gasteiger partial charge in [-0.25, -0.2) is 4.79 Å². The van der Waals surface area contributed by atoms with Gasteiger partial charge in [0.2, 0.25) is 5.75 Å². The number of thioether (sulfide) groups is 1.